The maximum atomic E-state index is 11.1. The molecule has 0 aliphatic carbocycles. The minimum Gasteiger partial charge on any atom is -0.389 e. The second kappa shape index (κ2) is 5.49. The van der Waals surface area contributed by atoms with Crippen molar-refractivity contribution in [2.24, 2.45) is 10.9 Å². The smallest absolute Gasteiger partial charge is 0.238 e. The topological polar surface area (TPSA) is 124 Å². The number of hydrogen-bond acceptors (Lipinski definition) is 6. The highest BCUT2D eigenvalue weighted by Gasteiger charge is 2.09. The number of nitrogens with two attached hydrogens (primary N) is 2. The Kier molecular flexibility index (Phi) is 3.93. The Morgan fingerprint density at radius 3 is 2.40 bits per heavy atom. The van der Waals surface area contributed by atoms with Crippen molar-refractivity contribution < 1.29 is 8.42 Å². The van der Waals surface area contributed by atoms with Gasteiger partial charge in [0.05, 0.1) is 16.7 Å². The molecule has 2 rings (SSSR count). The first-order valence-electron chi connectivity index (χ1n) is 5.39. The molecular weight excluding hydrogens is 298 g/mol. The quantitative estimate of drug-likeness (QED) is 0.702. The van der Waals surface area contributed by atoms with E-state index >= 15 is 0 Å². The van der Waals surface area contributed by atoms with Crippen LogP contribution in [-0.2, 0) is 10.0 Å². The number of hydrogen-bond donors (Lipinski definition) is 3. The number of sulfonamides is 1. The molecular formula is C11H11N5O2S2. The first kappa shape index (κ1) is 14.3. The molecule has 0 amide bonds. The Labute approximate surface area is 121 Å². The van der Waals surface area contributed by atoms with Crippen molar-refractivity contribution in [3.05, 3.63) is 42.1 Å². The van der Waals surface area contributed by atoms with E-state index in [-0.39, 0.29) is 9.88 Å². The number of benzene rings is 1. The number of anilines is 2. The maximum absolute atomic E-state index is 11.1. The fourth-order valence-electron chi connectivity index (χ4n) is 1.49. The number of aromatic nitrogens is 2. The van der Waals surface area contributed by atoms with Crippen LogP contribution in [-0.4, -0.2) is 23.6 Å². The summed E-state index contributed by atoms with van der Waals surface area (Å²) in [6, 6.07) is 7.51. The lowest BCUT2D eigenvalue weighted by atomic mass is 10.2. The van der Waals surface area contributed by atoms with E-state index in [1.54, 1.807) is 18.2 Å². The number of nitrogens with one attached hydrogen (secondary N) is 1. The first-order chi connectivity index (χ1) is 9.38. The van der Waals surface area contributed by atoms with Gasteiger partial charge >= 0.3 is 0 Å². The second-order valence-corrected chi connectivity index (χ2v) is 5.85. The van der Waals surface area contributed by atoms with Crippen LogP contribution in [0.15, 0.2) is 41.4 Å². The Morgan fingerprint density at radius 2 is 1.85 bits per heavy atom. The lowest BCUT2D eigenvalue weighted by Gasteiger charge is -2.09. The summed E-state index contributed by atoms with van der Waals surface area (Å²) in [6.45, 7) is 0. The van der Waals surface area contributed by atoms with Crippen molar-refractivity contribution in [2.75, 3.05) is 5.32 Å². The van der Waals surface area contributed by atoms with E-state index in [1.807, 2.05) is 0 Å². The lowest BCUT2D eigenvalue weighted by molar-refractivity contribution is 0.598. The van der Waals surface area contributed by atoms with Gasteiger partial charge in [0, 0.05) is 5.69 Å². The van der Waals surface area contributed by atoms with Gasteiger partial charge in [0.25, 0.3) is 0 Å². The molecule has 0 saturated carbocycles. The minimum atomic E-state index is -3.71. The third-order valence-corrected chi connectivity index (χ3v) is 3.58. The fraction of sp³-hybridized carbons (Fsp3) is 0. The van der Waals surface area contributed by atoms with Gasteiger partial charge in [-0.3, -0.25) is 0 Å². The van der Waals surface area contributed by atoms with Crippen LogP contribution in [0.2, 0.25) is 0 Å². The summed E-state index contributed by atoms with van der Waals surface area (Å²) in [5.74, 6) is 0.392. The first-order valence-corrected chi connectivity index (χ1v) is 7.35. The third-order valence-electron chi connectivity index (χ3n) is 2.43. The predicted octanol–water partition coefficient (Wildman–Crippen LogP) is 0.502. The summed E-state index contributed by atoms with van der Waals surface area (Å²) in [4.78, 5) is 0.209. The van der Waals surface area contributed by atoms with E-state index in [4.69, 9.17) is 23.1 Å². The normalized spacial score (nSPS) is 11.1. The molecule has 0 saturated heterocycles. The predicted molar refractivity (Wildman–Crippen MR) is 79.0 cm³/mol. The van der Waals surface area contributed by atoms with Crippen LogP contribution in [0.4, 0.5) is 11.5 Å². The summed E-state index contributed by atoms with van der Waals surface area (Å²) in [6.07, 6.45) is 1.48. The average molecular weight is 309 g/mol. The molecule has 0 aliphatic heterocycles. The Balaban J connectivity index is 2.30. The van der Waals surface area contributed by atoms with Gasteiger partial charge in [0.2, 0.25) is 10.0 Å². The molecule has 0 fully saturated rings. The molecule has 20 heavy (non-hydrogen) atoms. The summed E-state index contributed by atoms with van der Waals surface area (Å²) in [5, 5.41) is 15.6. The van der Waals surface area contributed by atoms with Crippen LogP contribution >= 0.6 is 12.2 Å². The summed E-state index contributed by atoms with van der Waals surface area (Å²) >= 11 is 4.91. The third kappa shape index (κ3) is 3.26. The molecule has 1 aromatic heterocycles. The molecule has 104 valence electrons. The van der Waals surface area contributed by atoms with Crippen LogP contribution in [0.1, 0.15) is 5.56 Å². The molecule has 0 aliphatic rings. The zero-order valence-corrected chi connectivity index (χ0v) is 11.8. The van der Waals surface area contributed by atoms with Crippen LogP contribution in [0.3, 0.4) is 0 Å². The Bertz CT molecular complexity index is 744. The molecule has 0 unspecified atom stereocenters. The van der Waals surface area contributed by atoms with Gasteiger partial charge in [-0.2, -0.15) is 5.10 Å². The van der Waals surface area contributed by atoms with Crippen LogP contribution in [0, 0.1) is 0 Å². The average Bonchev–Trinajstić information content (AvgIpc) is 2.38. The van der Waals surface area contributed by atoms with Crippen molar-refractivity contribution in [3.8, 4) is 0 Å². The van der Waals surface area contributed by atoms with E-state index in [0.717, 1.165) is 0 Å². The van der Waals surface area contributed by atoms with Crippen LogP contribution in [0.5, 0.6) is 0 Å². The molecule has 0 spiro atoms. The molecule has 0 bridgehead atoms. The fourth-order valence-corrected chi connectivity index (χ4v) is 2.17. The van der Waals surface area contributed by atoms with E-state index < -0.39 is 10.0 Å². The highest BCUT2D eigenvalue weighted by atomic mass is 32.2. The van der Waals surface area contributed by atoms with Crippen LogP contribution < -0.4 is 16.2 Å². The van der Waals surface area contributed by atoms with E-state index in [9.17, 15) is 8.42 Å². The molecule has 7 nitrogen and oxygen atoms in total. The number of rotatable bonds is 4. The SMILES string of the molecule is NC(=S)c1ccnnc1Nc1ccc(S(N)(=O)=O)cc1. The number of nitrogens with zero attached hydrogens (tertiary/aromatic N) is 2. The van der Waals surface area contributed by atoms with Crippen molar-refractivity contribution in [2.45, 2.75) is 4.90 Å². The Hall–Kier alpha value is -2.10. The van der Waals surface area contributed by atoms with Gasteiger partial charge in [-0.1, -0.05) is 12.2 Å². The molecule has 5 N–H and O–H groups in total. The summed E-state index contributed by atoms with van der Waals surface area (Å²) < 4.78 is 22.3. The van der Waals surface area contributed by atoms with E-state index in [1.165, 1.54) is 18.3 Å². The second-order valence-electron chi connectivity index (χ2n) is 3.85. The lowest BCUT2D eigenvalue weighted by Crippen LogP contribution is -2.14. The number of primary sulfonamides is 1. The molecule has 1 aromatic carbocycles. The van der Waals surface area contributed by atoms with Crippen molar-refractivity contribution in [1.82, 2.24) is 10.2 Å². The standard InChI is InChI=1S/C11H11N5O2S2/c12-10(19)9-5-6-14-16-11(9)15-7-1-3-8(4-2-7)20(13,17)18/h1-6H,(H2,12,19)(H,15,16)(H2,13,17,18). The molecule has 0 radical (unpaired) electrons. The zero-order valence-electron chi connectivity index (χ0n) is 10.1. The number of thiocarbonyl (C=S) groups is 1. The monoisotopic (exact) mass is 309 g/mol. The van der Waals surface area contributed by atoms with E-state index in [2.05, 4.69) is 15.5 Å². The maximum Gasteiger partial charge on any atom is 0.238 e. The molecule has 0 atom stereocenters. The largest absolute Gasteiger partial charge is 0.389 e. The summed E-state index contributed by atoms with van der Waals surface area (Å²) in [7, 11) is -3.71. The van der Waals surface area contributed by atoms with Gasteiger partial charge in [-0.25, -0.2) is 13.6 Å². The van der Waals surface area contributed by atoms with Gasteiger partial charge in [-0.15, -0.1) is 5.10 Å². The van der Waals surface area contributed by atoms with E-state index in [0.29, 0.717) is 17.1 Å². The van der Waals surface area contributed by atoms with Gasteiger partial charge in [-0.05, 0) is 30.3 Å². The van der Waals surface area contributed by atoms with Crippen molar-refractivity contribution in [1.29, 1.82) is 0 Å². The highest BCUT2D eigenvalue weighted by Crippen LogP contribution is 2.19. The molecule has 9 heteroatoms. The van der Waals surface area contributed by atoms with Gasteiger partial charge in [0.15, 0.2) is 5.82 Å². The van der Waals surface area contributed by atoms with Crippen LogP contribution in [0.25, 0.3) is 0 Å². The van der Waals surface area contributed by atoms with Crippen molar-refractivity contribution >= 4 is 38.7 Å². The van der Waals surface area contributed by atoms with Gasteiger partial charge < -0.3 is 11.1 Å². The molecule has 1 heterocycles. The zero-order chi connectivity index (χ0) is 14.8. The highest BCUT2D eigenvalue weighted by molar-refractivity contribution is 7.89. The minimum absolute atomic E-state index is 0.0248. The molecule has 2 aromatic rings. The van der Waals surface area contributed by atoms with Crippen molar-refractivity contribution in [3.63, 3.8) is 0 Å². The van der Waals surface area contributed by atoms with Gasteiger partial charge in [0.1, 0.15) is 4.99 Å². The summed E-state index contributed by atoms with van der Waals surface area (Å²) in [5.41, 5.74) is 6.73. The Morgan fingerprint density at radius 1 is 1.20 bits per heavy atom.